The van der Waals surface area contributed by atoms with Gasteiger partial charge >= 0.3 is 0 Å². The first-order valence-corrected chi connectivity index (χ1v) is 8.70. The first-order chi connectivity index (χ1) is 12.6. The molecule has 3 rings (SSSR count). The molecule has 0 radical (unpaired) electrons. The second-order valence-electron chi connectivity index (χ2n) is 6.26. The smallest absolute Gasteiger partial charge is 0.251 e. The molecule has 2 aromatic rings. The molecule has 0 bridgehead atoms. The van der Waals surface area contributed by atoms with Crippen molar-refractivity contribution in [2.24, 2.45) is 0 Å². The van der Waals surface area contributed by atoms with Crippen molar-refractivity contribution in [1.29, 1.82) is 0 Å². The van der Waals surface area contributed by atoms with Gasteiger partial charge in [-0.05, 0) is 25.1 Å². The fourth-order valence-corrected chi connectivity index (χ4v) is 2.80. The van der Waals surface area contributed by atoms with E-state index in [-0.39, 0.29) is 24.5 Å². The topological polar surface area (TPSA) is 84.4 Å². The summed E-state index contributed by atoms with van der Waals surface area (Å²) in [7, 11) is 0. The first-order valence-electron chi connectivity index (χ1n) is 8.70. The van der Waals surface area contributed by atoms with E-state index in [1.165, 1.54) is 0 Å². The van der Waals surface area contributed by atoms with E-state index >= 15 is 0 Å². The Labute approximate surface area is 152 Å². The Hall–Kier alpha value is -2.96. The van der Waals surface area contributed by atoms with Gasteiger partial charge in [-0.25, -0.2) is 0 Å². The molecule has 2 amide bonds. The third-order valence-electron chi connectivity index (χ3n) is 4.29. The number of nitrogens with one attached hydrogen (secondary N) is 1. The Morgan fingerprint density at radius 1 is 1.12 bits per heavy atom. The first kappa shape index (κ1) is 17.8. The Morgan fingerprint density at radius 2 is 1.85 bits per heavy atom. The molecule has 1 aliphatic rings. The molecule has 0 atom stereocenters. The van der Waals surface area contributed by atoms with Crippen molar-refractivity contribution in [3.8, 4) is 5.88 Å². The van der Waals surface area contributed by atoms with Gasteiger partial charge in [0.05, 0.1) is 12.2 Å². The highest BCUT2D eigenvalue weighted by atomic mass is 16.5. The number of nitrogens with zero attached hydrogens (tertiary/aromatic N) is 3. The van der Waals surface area contributed by atoms with E-state index in [1.54, 1.807) is 35.2 Å². The van der Waals surface area contributed by atoms with Gasteiger partial charge in [0.1, 0.15) is 6.10 Å². The minimum atomic E-state index is -0.241. The van der Waals surface area contributed by atoms with Gasteiger partial charge in [-0.1, -0.05) is 18.2 Å². The normalized spacial score (nSPS) is 14.7. The van der Waals surface area contributed by atoms with Gasteiger partial charge in [0.15, 0.2) is 0 Å². The van der Waals surface area contributed by atoms with Crippen LogP contribution >= 0.6 is 0 Å². The number of amides is 2. The number of ether oxygens (including phenoxy) is 1. The minimum Gasteiger partial charge on any atom is -0.473 e. The summed E-state index contributed by atoms with van der Waals surface area (Å²) in [5, 5.41) is 10.7. The van der Waals surface area contributed by atoms with Gasteiger partial charge in [0.2, 0.25) is 11.8 Å². The summed E-state index contributed by atoms with van der Waals surface area (Å²) in [6, 6.07) is 12.5. The maximum Gasteiger partial charge on any atom is 0.251 e. The lowest BCUT2D eigenvalue weighted by molar-refractivity contribution is -0.131. The van der Waals surface area contributed by atoms with Crippen LogP contribution in [-0.2, 0) is 4.79 Å². The fourth-order valence-electron chi connectivity index (χ4n) is 2.80. The van der Waals surface area contributed by atoms with Crippen LogP contribution in [-0.4, -0.2) is 52.6 Å². The zero-order valence-corrected chi connectivity index (χ0v) is 14.7. The largest absolute Gasteiger partial charge is 0.473 e. The maximum absolute atomic E-state index is 12.3. The minimum absolute atomic E-state index is 0.00267. The van der Waals surface area contributed by atoms with E-state index in [0.29, 0.717) is 24.5 Å². The van der Waals surface area contributed by atoms with Gasteiger partial charge in [-0.3, -0.25) is 9.59 Å². The summed E-state index contributed by atoms with van der Waals surface area (Å²) in [6.45, 7) is 3.08. The molecule has 26 heavy (non-hydrogen) atoms. The second-order valence-corrected chi connectivity index (χ2v) is 6.26. The van der Waals surface area contributed by atoms with Crippen molar-refractivity contribution in [1.82, 2.24) is 20.4 Å². The third kappa shape index (κ3) is 4.78. The van der Waals surface area contributed by atoms with Gasteiger partial charge in [-0.2, -0.15) is 5.10 Å². The predicted molar refractivity (Wildman–Crippen MR) is 95.8 cm³/mol. The molecular weight excluding hydrogens is 332 g/mol. The fraction of sp³-hybridized carbons (Fsp3) is 0.368. The van der Waals surface area contributed by atoms with Crippen molar-refractivity contribution in [2.45, 2.75) is 25.9 Å². The predicted octanol–water partition coefficient (Wildman–Crippen LogP) is 1.58. The average Bonchev–Trinajstić information content (AvgIpc) is 2.69. The molecule has 0 saturated carbocycles. The molecule has 0 spiro atoms. The lowest BCUT2D eigenvalue weighted by Crippen LogP contribution is -2.46. The molecule has 1 aliphatic heterocycles. The number of piperidine rings is 1. The SMILES string of the molecule is Cc1ccc(OC2CCN(C(=O)CNC(=O)c3ccccc3)CC2)nn1. The highest BCUT2D eigenvalue weighted by Crippen LogP contribution is 2.16. The van der Waals surface area contributed by atoms with E-state index in [0.717, 1.165) is 18.5 Å². The standard InChI is InChI=1S/C19H22N4O3/c1-14-7-8-17(22-21-14)26-16-9-11-23(12-10-16)18(24)13-20-19(25)15-5-3-2-4-6-15/h2-8,16H,9-13H2,1H3,(H,20,25). The van der Waals surface area contributed by atoms with Crippen LogP contribution in [0.15, 0.2) is 42.5 Å². The summed E-state index contributed by atoms with van der Waals surface area (Å²) in [5.74, 6) is 0.188. The molecule has 1 N–H and O–H groups in total. The average molecular weight is 354 g/mol. The Bertz CT molecular complexity index is 741. The lowest BCUT2D eigenvalue weighted by Gasteiger charge is -2.31. The lowest BCUT2D eigenvalue weighted by atomic mass is 10.1. The molecular formula is C19H22N4O3. The molecule has 2 heterocycles. The van der Waals surface area contributed by atoms with E-state index < -0.39 is 0 Å². The van der Waals surface area contributed by atoms with Gasteiger partial charge < -0.3 is 15.0 Å². The van der Waals surface area contributed by atoms with Crippen LogP contribution in [0, 0.1) is 6.92 Å². The van der Waals surface area contributed by atoms with E-state index in [9.17, 15) is 9.59 Å². The van der Waals surface area contributed by atoms with Crippen molar-refractivity contribution in [3.05, 3.63) is 53.7 Å². The number of likely N-dealkylation sites (tertiary alicyclic amines) is 1. The van der Waals surface area contributed by atoms with Crippen molar-refractivity contribution >= 4 is 11.8 Å². The number of hydrogen-bond donors (Lipinski definition) is 1. The third-order valence-corrected chi connectivity index (χ3v) is 4.29. The Morgan fingerprint density at radius 3 is 2.50 bits per heavy atom. The van der Waals surface area contributed by atoms with E-state index in [4.69, 9.17) is 4.74 Å². The van der Waals surface area contributed by atoms with Gasteiger partial charge in [0, 0.05) is 37.6 Å². The van der Waals surface area contributed by atoms with Crippen molar-refractivity contribution in [2.75, 3.05) is 19.6 Å². The van der Waals surface area contributed by atoms with Crippen LogP contribution in [0.2, 0.25) is 0 Å². The Balaban J connectivity index is 1.42. The van der Waals surface area contributed by atoms with Crippen LogP contribution in [0.4, 0.5) is 0 Å². The number of aryl methyl sites for hydroxylation is 1. The van der Waals surface area contributed by atoms with Crippen molar-refractivity contribution < 1.29 is 14.3 Å². The number of hydrogen-bond acceptors (Lipinski definition) is 5. The second kappa shape index (κ2) is 8.42. The molecule has 0 aliphatic carbocycles. The van der Waals surface area contributed by atoms with Gasteiger partial charge in [-0.15, -0.1) is 5.10 Å². The highest BCUT2D eigenvalue weighted by molar-refractivity contribution is 5.96. The monoisotopic (exact) mass is 354 g/mol. The summed E-state index contributed by atoms with van der Waals surface area (Å²) in [6.07, 6.45) is 1.48. The Kier molecular flexibility index (Phi) is 5.78. The van der Waals surface area contributed by atoms with Crippen LogP contribution < -0.4 is 10.1 Å². The number of carbonyl (C=O) groups excluding carboxylic acids is 2. The van der Waals surface area contributed by atoms with Crippen LogP contribution in [0.5, 0.6) is 5.88 Å². The molecule has 7 nitrogen and oxygen atoms in total. The molecule has 1 aromatic carbocycles. The van der Waals surface area contributed by atoms with E-state index in [2.05, 4.69) is 15.5 Å². The van der Waals surface area contributed by atoms with Crippen LogP contribution in [0.3, 0.4) is 0 Å². The summed E-state index contributed by atoms with van der Waals surface area (Å²) in [4.78, 5) is 26.0. The molecule has 136 valence electrons. The summed E-state index contributed by atoms with van der Waals surface area (Å²) < 4.78 is 5.81. The quantitative estimate of drug-likeness (QED) is 0.881. The number of aromatic nitrogens is 2. The molecule has 0 unspecified atom stereocenters. The molecule has 1 aromatic heterocycles. The van der Waals surface area contributed by atoms with Crippen molar-refractivity contribution in [3.63, 3.8) is 0 Å². The van der Waals surface area contributed by atoms with Gasteiger partial charge in [0.25, 0.3) is 5.91 Å². The van der Waals surface area contributed by atoms with E-state index in [1.807, 2.05) is 19.1 Å². The van der Waals surface area contributed by atoms with Crippen LogP contribution in [0.25, 0.3) is 0 Å². The molecule has 1 fully saturated rings. The van der Waals surface area contributed by atoms with Crippen LogP contribution in [0.1, 0.15) is 28.9 Å². The molecule has 1 saturated heterocycles. The number of rotatable bonds is 5. The molecule has 7 heteroatoms. The highest BCUT2D eigenvalue weighted by Gasteiger charge is 2.24. The maximum atomic E-state index is 12.3. The number of carbonyl (C=O) groups is 2. The zero-order chi connectivity index (χ0) is 18.4. The summed E-state index contributed by atoms with van der Waals surface area (Å²) >= 11 is 0. The zero-order valence-electron chi connectivity index (χ0n) is 14.7. The summed E-state index contributed by atoms with van der Waals surface area (Å²) in [5.41, 5.74) is 1.39. The number of benzene rings is 1.